The summed E-state index contributed by atoms with van der Waals surface area (Å²) in [6.45, 7) is 4.99. The van der Waals surface area contributed by atoms with Crippen molar-refractivity contribution in [2.75, 3.05) is 6.54 Å². The maximum absolute atomic E-state index is 12.0. The standard InChI is InChI=1S/C13H17ClF3N3O/c1-8(2)6-20-12(14)10(9(3)19-20)4-5-11(21)18-7-13(15,16)17/h4-5,8H,6-7H2,1-3H3,(H,18,21)/b5-4+. The number of carbonyl (C=O) groups is 1. The van der Waals surface area contributed by atoms with Crippen LogP contribution in [0.15, 0.2) is 6.08 Å². The van der Waals surface area contributed by atoms with Crippen LogP contribution in [0, 0.1) is 12.8 Å². The Kier molecular flexibility index (Phi) is 5.83. The van der Waals surface area contributed by atoms with E-state index in [2.05, 4.69) is 5.10 Å². The van der Waals surface area contributed by atoms with Gasteiger partial charge >= 0.3 is 6.18 Å². The van der Waals surface area contributed by atoms with Gasteiger partial charge in [0, 0.05) is 18.2 Å². The highest BCUT2D eigenvalue weighted by molar-refractivity contribution is 6.31. The molecule has 0 bridgehead atoms. The van der Waals surface area contributed by atoms with Crippen LogP contribution >= 0.6 is 11.6 Å². The second kappa shape index (κ2) is 6.98. The van der Waals surface area contributed by atoms with Crippen molar-refractivity contribution in [1.82, 2.24) is 15.1 Å². The molecule has 1 amide bonds. The summed E-state index contributed by atoms with van der Waals surface area (Å²) in [4.78, 5) is 11.3. The predicted octanol–water partition coefficient (Wildman–Crippen LogP) is 3.19. The molecule has 1 N–H and O–H groups in total. The summed E-state index contributed by atoms with van der Waals surface area (Å²) in [5.74, 6) is -0.492. The second-order valence-electron chi connectivity index (χ2n) is 5.03. The predicted molar refractivity (Wildman–Crippen MR) is 74.9 cm³/mol. The molecule has 21 heavy (non-hydrogen) atoms. The number of nitrogens with zero attached hydrogens (tertiary/aromatic N) is 2. The third-order valence-electron chi connectivity index (χ3n) is 2.51. The third kappa shape index (κ3) is 5.79. The quantitative estimate of drug-likeness (QED) is 0.846. The van der Waals surface area contributed by atoms with Gasteiger partial charge in [-0.25, -0.2) is 0 Å². The van der Waals surface area contributed by atoms with Crippen LogP contribution in [-0.4, -0.2) is 28.4 Å². The van der Waals surface area contributed by atoms with Gasteiger partial charge in [0.15, 0.2) is 0 Å². The van der Waals surface area contributed by atoms with Crippen LogP contribution in [0.2, 0.25) is 5.15 Å². The molecule has 118 valence electrons. The van der Waals surface area contributed by atoms with E-state index in [1.54, 1.807) is 16.9 Å². The number of rotatable bonds is 5. The normalized spacial score (nSPS) is 12.4. The molecule has 0 fully saturated rings. The van der Waals surface area contributed by atoms with Gasteiger partial charge in [-0.2, -0.15) is 18.3 Å². The van der Waals surface area contributed by atoms with Crippen LogP contribution < -0.4 is 5.32 Å². The van der Waals surface area contributed by atoms with E-state index in [4.69, 9.17) is 11.6 Å². The van der Waals surface area contributed by atoms with Gasteiger partial charge in [-0.1, -0.05) is 25.4 Å². The average molecular weight is 324 g/mol. The lowest BCUT2D eigenvalue weighted by Gasteiger charge is -2.06. The molecule has 0 aliphatic carbocycles. The molecule has 1 aromatic rings. The molecule has 0 spiro atoms. The van der Waals surface area contributed by atoms with Gasteiger partial charge in [-0.05, 0) is 18.9 Å². The summed E-state index contributed by atoms with van der Waals surface area (Å²) >= 11 is 6.14. The Hall–Kier alpha value is -1.50. The minimum Gasteiger partial charge on any atom is -0.343 e. The van der Waals surface area contributed by atoms with Crippen molar-refractivity contribution in [1.29, 1.82) is 0 Å². The molecule has 0 aliphatic heterocycles. The summed E-state index contributed by atoms with van der Waals surface area (Å²) in [5, 5.41) is 6.35. The fourth-order valence-corrected chi connectivity index (χ4v) is 1.94. The molecular formula is C13H17ClF3N3O. The number of hydrogen-bond donors (Lipinski definition) is 1. The Labute approximate surface area is 126 Å². The Morgan fingerprint density at radius 2 is 2.10 bits per heavy atom. The molecule has 8 heteroatoms. The van der Waals surface area contributed by atoms with Crippen LogP contribution in [0.1, 0.15) is 25.1 Å². The van der Waals surface area contributed by atoms with Gasteiger partial charge in [0.1, 0.15) is 11.7 Å². The number of amides is 1. The molecular weight excluding hydrogens is 307 g/mol. The first-order valence-corrected chi connectivity index (χ1v) is 6.73. The summed E-state index contributed by atoms with van der Waals surface area (Å²) in [7, 11) is 0. The highest BCUT2D eigenvalue weighted by Gasteiger charge is 2.27. The minimum atomic E-state index is -4.43. The smallest absolute Gasteiger partial charge is 0.343 e. The number of aryl methyl sites for hydroxylation is 1. The first-order valence-electron chi connectivity index (χ1n) is 6.35. The Balaban J connectivity index is 2.76. The van der Waals surface area contributed by atoms with Crippen molar-refractivity contribution in [3.63, 3.8) is 0 Å². The van der Waals surface area contributed by atoms with Gasteiger partial charge in [0.2, 0.25) is 5.91 Å². The lowest BCUT2D eigenvalue weighted by Crippen LogP contribution is -2.32. The average Bonchev–Trinajstić information content (AvgIpc) is 2.58. The molecule has 0 saturated heterocycles. The zero-order chi connectivity index (χ0) is 16.2. The molecule has 1 rings (SSSR count). The molecule has 0 aliphatic rings. The summed E-state index contributed by atoms with van der Waals surface area (Å²) in [5.41, 5.74) is 1.14. The molecule has 1 aromatic heterocycles. The monoisotopic (exact) mass is 323 g/mol. The van der Waals surface area contributed by atoms with E-state index in [1.807, 2.05) is 13.8 Å². The highest BCUT2D eigenvalue weighted by atomic mass is 35.5. The molecule has 0 radical (unpaired) electrons. The largest absolute Gasteiger partial charge is 0.405 e. The number of hydrogen-bond acceptors (Lipinski definition) is 2. The van der Waals surface area contributed by atoms with E-state index >= 15 is 0 Å². The maximum atomic E-state index is 12.0. The molecule has 4 nitrogen and oxygen atoms in total. The van der Waals surface area contributed by atoms with Crippen molar-refractivity contribution >= 4 is 23.6 Å². The maximum Gasteiger partial charge on any atom is 0.405 e. The van der Waals surface area contributed by atoms with Gasteiger partial charge < -0.3 is 5.32 Å². The molecule has 1 heterocycles. The first-order chi connectivity index (χ1) is 9.60. The van der Waals surface area contributed by atoms with Crippen LogP contribution in [0.5, 0.6) is 0 Å². The third-order valence-corrected chi connectivity index (χ3v) is 2.91. The Morgan fingerprint density at radius 3 is 2.62 bits per heavy atom. The highest BCUT2D eigenvalue weighted by Crippen LogP contribution is 2.22. The SMILES string of the molecule is Cc1nn(CC(C)C)c(Cl)c1/C=C/C(=O)NCC(F)(F)F. The van der Waals surface area contributed by atoms with E-state index in [0.717, 1.165) is 6.08 Å². The lowest BCUT2D eigenvalue weighted by atomic mass is 10.2. The topological polar surface area (TPSA) is 46.9 Å². The van der Waals surface area contributed by atoms with Crippen molar-refractivity contribution < 1.29 is 18.0 Å². The fourth-order valence-electron chi connectivity index (χ4n) is 1.63. The van der Waals surface area contributed by atoms with E-state index in [0.29, 0.717) is 28.9 Å². The molecule has 0 aromatic carbocycles. The van der Waals surface area contributed by atoms with Crippen molar-refractivity contribution in [3.05, 3.63) is 22.5 Å². The lowest BCUT2D eigenvalue weighted by molar-refractivity contribution is -0.135. The van der Waals surface area contributed by atoms with E-state index in [9.17, 15) is 18.0 Å². The van der Waals surface area contributed by atoms with Crippen LogP contribution in [0.4, 0.5) is 13.2 Å². The van der Waals surface area contributed by atoms with Crippen LogP contribution in [-0.2, 0) is 11.3 Å². The van der Waals surface area contributed by atoms with Gasteiger partial charge in [-0.15, -0.1) is 0 Å². The number of alkyl halides is 3. The Bertz CT molecular complexity index is 535. The van der Waals surface area contributed by atoms with E-state index in [-0.39, 0.29) is 0 Å². The van der Waals surface area contributed by atoms with Crippen molar-refractivity contribution in [3.8, 4) is 0 Å². The van der Waals surface area contributed by atoms with Crippen molar-refractivity contribution in [2.24, 2.45) is 5.92 Å². The number of nitrogens with one attached hydrogen (secondary N) is 1. The van der Waals surface area contributed by atoms with Crippen LogP contribution in [0.25, 0.3) is 6.08 Å². The molecule has 0 atom stereocenters. The van der Waals surface area contributed by atoms with Crippen molar-refractivity contribution in [2.45, 2.75) is 33.5 Å². The molecule has 0 unspecified atom stereocenters. The van der Waals surface area contributed by atoms with E-state index < -0.39 is 18.6 Å². The number of carbonyl (C=O) groups excluding carboxylic acids is 1. The number of halogens is 4. The summed E-state index contributed by atoms with van der Waals surface area (Å²) in [6.07, 6.45) is -2.05. The minimum absolute atomic E-state index is 0.341. The fraction of sp³-hybridized carbons (Fsp3) is 0.538. The Morgan fingerprint density at radius 1 is 1.48 bits per heavy atom. The summed E-state index contributed by atoms with van der Waals surface area (Å²) in [6, 6.07) is 0. The van der Waals surface area contributed by atoms with E-state index in [1.165, 1.54) is 6.08 Å². The second-order valence-corrected chi connectivity index (χ2v) is 5.39. The first kappa shape index (κ1) is 17.6. The van der Waals surface area contributed by atoms with Gasteiger partial charge in [0.25, 0.3) is 0 Å². The van der Waals surface area contributed by atoms with Gasteiger partial charge in [-0.3, -0.25) is 9.48 Å². The van der Waals surface area contributed by atoms with Gasteiger partial charge in [0.05, 0.1) is 5.69 Å². The number of aromatic nitrogens is 2. The molecule has 0 saturated carbocycles. The zero-order valence-electron chi connectivity index (χ0n) is 12.0. The van der Waals surface area contributed by atoms with Crippen LogP contribution in [0.3, 0.4) is 0 Å². The summed E-state index contributed by atoms with van der Waals surface area (Å²) < 4.78 is 37.5. The zero-order valence-corrected chi connectivity index (χ0v) is 12.7.